The molecule has 0 radical (unpaired) electrons. The molecule has 1 aliphatic rings. The highest BCUT2D eigenvalue weighted by molar-refractivity contribution is 7.95. The van der Waals surface area contributed by atoms with Gasteiger partial charge in [0, 0.05) is 0 Å². The lowest BCUT2D eigenvalue weighted by Gasteiger charge is -2.26. The number of aliphatic hydroxyl groups is 1. The maximum Gasteiger partial charge on any atom is 0.206 e. The van der Waals surface area contributed by atoms with E-state index in [2.05, 4.69) is 0 Å². The molecule has 1 aromatic rings. The van der Waals surface area contributed by atoms with Crippen molar-refractivity contribution in [3.8, 4) is 0 Å². The standard InChI is InChI=1S/C13H16O4S/c1-13(2,14)11-8-17-9-12(11)18(15,16)10-6-4-3-5-7-10/h3-7,9,11,14H,8H2,1-2H3/t11-/m1/s1. The molecule has 0 amide bonds. The molecule has 1 N–H and O–H groups in total. The molecule has 1 heterocycles. The molecular weight excluding hydrogens is 252 g/mol. The van der Waals surface area contributed by atoms with Gasteiger partial charge in [-0.05, 0) is 26.0 Å². The first-order chi connectivity index (χ1) is 8.33. The summed E-state index contributed by atoms with van der Waals surface area (Å²) in [5.41, 5.74) is -1.13. The molecule has 5 heteroatoms. The third-order valence-electron chi connectivity index (χ3n) is 3.02. The Bertz CT molecular complexity index is 552. The van der Waals surface area contributed by atoms with Crippen molar-refractivity contribution < 1.29 is 18.3 Å². The molecule has 0 fully saturated rings. The summed E-state index contributed by atoms with van der Waals surface area (Å²) in [7, 11) is -3.59. The number of benzene rings is 1. The quantitative estimate of drug-likeness (QED) is 0.906. The first kappa shape index (κ1) is 13.1. The van der Waals surface area contributed by atoms with Crippen LogP contribution in [0.2, 0.25) is 0 Å². The van der Waals surface area contributed by atoms with Gasteiger partial charge in [0.15, 0.2) is 0 Å². The third-order valence-corrected chi connectivity index (χ3v) is 4.92. The third kappa shape index (κ3) is 2.28. The van der Waals surface area contributed by atoms with Crippen LogP contribution in [0, 0.1) is 5.92 Å². The first-order valence-corrected chi connectivity index (χ1v) is 7.16. The maximum atomic E-state index is 12.4. The van der Waals surface area contributed by atoms with E-state index in [0.717, 1.165) is 0 Å². The molecule has 4 nitrogen and oxygen atoms in total. The van der Waals surface area contributed by atoms with E-state index in [1.165, 1.54) is 18.4 Å². The van der Waals surface area contributed by atoms with Gasteiger partial charge in [0.1, 0.15) is 0 Å². The second kappa shape index (κ2) is 4.40. The van der Waals surface area contributed by atoms with Crippen LogP contribution >= 0.6 is 0 Å². The molecule has 0 unspecified atom stereocenters. The van der Waals surface area contributed by atoms with Crippen LogP contribution in [0.5, 0.6) is 0 Å². The Kier molecular flexibility index (Phi) is 3.21. The monoisotopic (exact) mass is 268 g/mol. The lowest BCUT2D eigenvalue weighted by molar-refractivity contribution is 0.0204. The summed E-state index contributed by atoms with van der Waals surface area (Å²) >= 11 is 0. The Morgan fingerprint density at radius 2 is 1.89 bits per heavy atom. The van der Waals surface area contributed by atoms with Crippen molar-refractivity contribution >= 4 is 9.84 Å². The van der Waals surface area contributed by atoms with Crippen molar-refractivity contribution in [3.05, 3.63) is 41.5 Å². The van der Waals surface area contributed by atoms with Crippen LogP contribution in [0.15, 0.2) is 46.4 Å². The van der Waals surface area contributed by atoms with Gasteiger partial charge in [0.05, 0.1) is 34.2 Å². The van der Waals surface area contributed by atoms with Crippen molar-refractivity contribution in [2.24, 2.45) is 5.92 Å². The van der Waals surface area contributed by atoms with E-state index >= 15 is 0 Å². The Morgan fingerprint density at radius 1 is 1.28 bits per heavy atom. The highest BCUT2D eigenvalue weighted by atomic mass is 32.2. The van der Waals surface area contributed by atoms with Crippen molar-refractivity contribution in [1.82, 2.24) is 0 Å². The summed E-state index contributed by atoms with van der Waals surface area (Å²) in [6.45, 7) is 3.35. The van der Waals surface area contributed by atoms with Crippen LogP contribution in [0.4, 0.5) is 0 Å². The highest BCUT2D eigenvalue weighted by Gasteiger charge is 2.40. The van der Waals surface area contributed by atoms with Gasteiger partial charge in [-0.1, -0.05) is 18.2 Å². The first-order valence-electron chi connectivity index (χ1n) is 5.67. The van der Waals surface area contributed by atoms with Crippen LogP contribution in [0.3, 0.4) is 0 Å². The molecule has 0 saturated carbocycles. The van der Waals surface area contributed by atoms with Gasteiger partial charge in [-0.25, -0.2) is 8.42 Å². The Hall–Kier alpha value is -1.33. The summed E-state index contributed by atoms with van der Waals surface area (Å²) in [5.74, 6) is -0.539. The van der Waals surface area contributed by atoms with Crippen LogP contribution in [0.1, 0.15) is 13.8 Å². The molecule has 0 spiro atoms. The molecule has 0 aliphatic carbocycles. The summed E-state index contributed by atoms with van der Waals surface area (Å²) < 4.78 is 30.0. The average molecular weight is 268 g/mol. The van der Waals surface area contributed by atoms with Crippen LogP contribution in [-0.2, 0) is 14.6 Å². The molecule has 1 aliphatic heterocycles. The molecule has 1 atom stereocenters. The van der Waals surface area contributed by atoms with E-state index in [1.54, 1.807) is 32.0 Å². The van der Waals surface area contributed by atoms with Gasteiger partial charge in [-0.2, -0.15) is 0 Å². The van der Waals surface area contributed by atoms with E-state index in [9.17, 15) is 13.5 Å². The van der Waals surface area contributed by atoms with Crippen LogP contribution in [0.25, 0.3) is 0 Å². The van der Waals surface area contributed by atoms with E-state index in [0.29, 0.717) is 0 Å². The molecule has 0 saturated heterocycles. The Balaban J connectivity index is 2.43. The smallest absolute Gasteiger partial charge is 0.206 e. The predicted octanol–water partition coefficient (Wildman–Crippen LogP) is 1.72. The highest BCUT2D eigenvalue weighted by Crippen LogP contribution is 2.35. The van der Waals surface area contributed by atoms with Crippen molar-refractivity contribution in [1.29, 1.82) is 0 Å². The summed E-state index contributed by atoms with van der Waals surface area (Å²) in [5, 5.41) is 10.0. The van der Waals surface area contributed by atoms with Gasteiger partial charge in [0.2, 0.25) is 9.84 Å². The molecule has 1 aromatic carbocycles. The number of sulfone groups is 1. The van der Waals surface area contributed by atoms with Gasteiger partial charge in [-0.15, -0.1) is 0 Å². The normalized spacial score (nSPS) is 20.4. The minimum absolute atomic E-state index is 0.140. The van der Waals surface area contributed by atoms with Crippen molar-refractivity contribution in [2.45, 2.75) is 24.3 Å². The number of hydrogen-bond donors (Lipinski definition) is 1. The molecule has 18 heavy (non-hydrogen) atoms. The SMILES string of the molecule is CC(C)(O)[C@@H]1COC=C1S(=O)(=O)c1ccccc1. The van der Waals surface area contributed by atoms with Gasteiger partial charge < -0.3 is 9.84 Å². The molecule has 2 rings (SSSR count). The summed E-state index contributed by atoms with van der Waals surface area (Å²) in [4.78, 5) is 0.359. The van der Waals surface area contributed by atoms with Crippen LogP contribution < -0.4 is 0 Å². The van der Waals surface area contributed by atoms with E-state index in [1.807, 2.05) is 0 Å². The van der Waals surface area contributed by atoms with Crippen LogP contribution in [-0.4, -0.2) is 25.7 Å². The fourth-order valence-corrected chi connectivity index (χ4v) is 3.64. The van der Waals surface area contributed by atoms with Crippen molar-refractivity contribution in [2.75, 3.05) is 6.61 Å². The van der Waals surface area contributed by atoms with E-state index in [4.69, 9.17) is 4.74 Å². The zero-order chi connectivity index (χ0) is 13.4. The molecule has 0 bridgehead atoms. The van der Waals surface area contributed by atoms with Gasteiger partial charge >= 0.3 is 0 Å². The maximum absolute atomic E-state index is 12.4. The van der Waals surface area contributed by atoms with E-state index in [-0.39, 0.29) is 16.4 Å². The average Bonchev–Trinajstić information content (AvgIpc) is 2.79. The van der Waals surface area contributed by atoms with E-state index < -0.39 is 21.4 Å². The molecule has 98 valence electrons. The zero-order valence-electron chi connectivity index (χ0n) is 10.3. The predicted molar refractivity (Wildman–Crippen MR) is 67.5 cm³/mol. The second-order valence-corrected chi connectivity index (χ2v) is 6.83. The summed E-state index contributed by atoms with van der Waals surface area (Å²) in [6.07, 6.45) is 1.24. The topological polar surface area (TPSA) is 63.6 Å². The number of rotatable bonds is 3. The summed E-state index contributed by atoms with van der Waals surface area (Å²) in [6, 6.07) is 8.17. The largest absolute Gasteiger partial charge is 0.499 e. The number of ether oxygens (including phenoxy) is 1. The fraction of sp³-hybridized carbons (Fsp3) is 0.385. The Morgan fingerprint density at radius 3 is 2.44 bits per heavy atom. The van der Waals surface area contributed by atoms with Gasteiger partial charge in [0.25, 0.3) is 0 Å². The minimum Gasteiger partial charge on any atom is -0.499 e. The zero-order valence-corrected chi connectivity index (χ0v) is 11.1. The fourth-order valence-electron chi connectivity index (χ4n) is 1.93. The minimum atomic E-state index is -3.59. The Labute approximate surface area is 107 Å². The van der Waals surface area contributed by atoms with Crippen molar-refractivity contribution in [3.63, 3.8) is 0 Å². The lowest BCUT2D eigenvalue weighted by Crippen LogP contribution is -2.34. The number of hydrogen-bond acceptors (Lipinski definition) is 4. The van der Waals surface area contributed by atoms with Gasteiger partial charge in [-0.3, -0.25) is 0 Å². The molecular formula is C13H16O4S. The second-order valence-electron chi connectivity index (χ2n) is 4.88. The lowest BCUT2D eigenvalue weighted by atomic mass is 9.92. The molecule has 0 aromatic heterocycles.